The van der Waals surface area contributed by atoms with Gasteiger partial charge in [0.1, 0.15) is 5.82 Å². The summed E-state index contributed by atoms with van der Waals surface area (Å²) in [5.41, 5.74) is 1.86. The molecule has 0 aliphatic rings. The van der Waals surface area contributed by atoms with Crippen LogP contribution in [-0.2, 0) is 21.4 Å². The van der Waals surface area contributed by atoms with E-state index in [2.05, 4.69) is 10.6 Å². The van der Waals surface area contributed by atoms with Crippen molar-refractivity contribution < 1.29 is 17.6 Å². The highest BCUT2D eigenvalue weighted by Crippen LogP contribution is 2.18. The van der Waals surface area contributed by atoms with Crippen molar-refractivity contribution in [3.05, 3.63) is 59.4 Å². The van der Waals surface area contributed by atoms with E-state index in [1.165, 1.54) is 32.3 Å². The van der Waals surface area contributed by atoms with Crippen LogP contribution in [-0.4, -0.2) is 39.3 Å². The summed E-state index contributed by atoms with van der Waals surface area (Å²) in [6.07, 6.45) is 0. The van der Waals surface area contributed by atoms with E-state index in [9.17, 15) is 17.6 Å². The van der Waals surface area contributed by atoms with E-state index in [4.69, 9.17) is 0 Å². The van der Waals surface area contributed by atoms with Crippen molar-refractivity contribution in [3.63, 3.8) is 0 Å². The number of rotatable bonds is 7. The minimum absolute atomic E-state index is 0.0487. The normalized spacial score (nSPS) is 11.4. The molecule has 0 bridgehead atoms. The van der Waals surface area contributed by atoms with E-state index >= 15 is 0 Å². The van der Waals surface area contributed by atoms with Gasteiger partial charge in [0.15, 0.2) is 0 Å². The number of carbonyl (C=O) groups excluding carboxylic acids is 1. The summed E-state index contributed by atoms with van der Waals surface area (Å²) >= 11 is 0. The Morgan fingerprint density at radius 1 is 1.15 bits per heavy atom. The quantitative estimate of drug-likeness (QED) is 0.772. The van der Waals surface area contributed by atoms with Crippen LogP contribution in [0.4, 0.5) is 10.1 Å². The number of sulfonamides is 1. The molecule has 6 nitrogen and oxygen atoms in total. The van der Waals surface area contributed by atoms with Crippen LogP contribution in [0, 0.1) is 12.7 Å². The summed E-state index contributed by atoms with van der Waals surface area (Å²) in [4.78, 5) is 12.2. The molecule has 0 aromatic heterocycles. The minimum Gasteiger partial charge on any atom is -0.376 e. The Morgan fingerprint density at radius 3 is 2.54 bits per heavy atom. The largest absolute Gasteiger partial charge is 0.376 e. The molecule has 2 N–H and O–H groups in total. The molecule has 0 saturated heterocycles. The molecule has 0 unspecified atom stereocenters. The lowest BCUT2D eigenvalue weighted by Crippen LogP contribution is -2.31. The zero-order valence-electron chi connectivity index (χ0n) is 14.9. The Morgan fingerprint density at radius 2 is 1.85 bits per heavy atom. The average Bonchev–Trinajstić information content (AvgIpc) is 2.60. The first-order valence-electron chi connectivity index (χ1n) is 7.99. The van der Waals surface area contributed by atoms with Crippen molar-refractivity contribution in [1.29, 1.82) is 0 Å². The Bertz CT molecular complexity index is 898. The highest BCUT2D eigenvalue weighted by molar-refractivity contribution is 7.89. The van der Waals surface area contributed by atoms with Crippen molar-refractivity contribution in [2.45, 2.75) is 18.4 Å². The molecule has 26 heavy (non-hydrogen) atoms. The highest BCUT2D eigenvalue weighted by atomic mass is 32.2. The Kier molecular flexibility index (Phi) is 6.33. The lowest BCUT2D eigenvalue weighted by Gasteiger charge is -2.15. The van der Waals surface area contributed by atoms with Gasteiger partial charge in [0, 0.05) is 26.3 Å². The molecule has 0 fully saturated rings. The molecule has 0 heterocycles. The third-order valence-electron chi connectivity index (χ3n) is 3.85. The monoisotopic (exact) mass is 379 g/mol. The maximum Gasteiger partial charge on any atom is 0.242 e. The molecule has 1 amide bonds. The first-order chi connectivity index (χ1) is 12.2. The summed E-state index contributed by atoms with van der Waals surface area (Å²) in [5.74, 6) is -0.716. The molecule has 8 heteroatoms. The molecule has 0 radical (unpaired) electrons. The predicted molar refractivity (Wildman–Crippen MR) is 98.8 cm³/mol. The Hall–Kier alpha value is -2.45. The summed E-state index contributed by atoms with van der Waals surface area (Å²) in [6, 6.07) is 10.8. The van der Waals surface area contributed by atoms with Crippen LogP contribution in [0.15, 0.2) is 47.4 Å². The van der Waals surface area contributed by atoms with Crippen LogP contribution in [0.25, 0.3) is 0 Å². The fraction of sp³-hybridized carbons (Fsp3) is 0.278. The fourth-order valence-corrected chi connectivity index (χ4v) is 3.43. The van der Waals surface area contributed by atoms with E-state index in [1.54, 1.807) is 24.3 Å². The number of halogens is 1. The molecule has 140 valence electrons. The van der Waals surface area contributed by atoms with Crippen LogP contribution in [0.5, 0.6) is 0 Å². The third-order valence-corrected chi connectivity index (χ3v) is 5.76. The second-order valence-corrected chi connectivity index (χ2v) is 8.10. The summed E-state index contributed by atoms with van der Waals surface area (Å²) in [7, 11) is -0.688. The van der Waals surface area contributed by atoms with Gasteiger partial charge in [-0.05, 0) is 36.2 Å². The van der Waals surface area contributed by atoms with Gasteiger partial charge in [-0.3, -0.25) is 4.79 Å². The van der Waals surface area contributed by atoms with Crippen molar-refractivity contribution >= 4 is 21.6 Å². The van der Waals surface area contributed by atoms with Gasteiger partial charge in [-0.1, -0.05) is 24.3 Å². The van der Waals surface area contributed by atoms with Crippen LogP contribution < -0.4 is 10.6 Å². The number of amides is 1. The molecule has 0 aliphatic carbocycles. The second kappa shape index (κ2) is 8.29. The van der Waals surface area contributed by atoms with Gasteiger partial charge < -0.3 is 10.6 Å². The minimum atomic E-state index is -3.60. The van der Waals surface area contributed by atoms with E-state index < -0.39 is 10.0 Å². The van der Waals surface area contributed by atoms with Gasteiger partial charge in [-0.15, -0.1) is 0 Å². The standard InChI is InChI=1S/C18H22FN3O3S/c1-13-8-9-15(19)10-16(13)20-12-18(23)21-11-14-6-4-5-7-17(14)26(24,25)22(2)3/h4-10,20H,11-12H2,1-3H3,(H,21,23). The van der Waals surface area contributed by atoms with E-state index in [-0.39, 0.29) is 29.7 Å². The molecule has 2 aromatic rings. The second-order valence-electron chi connectivity index (χ2n) is 5.98. The molecule has 2 aromatic carbocycles. The molecule has 0 aliphatic heterocycles. The molecular formula is C18H22FN3O3S. The zero-order valence-corrected chi connectivity index (χ0v) is 15.7. The number of nitrogens with zero attached hydrogens (tertiary/aromatic N) is 1. The molecule has 0 spiro atoms. The summed E-state index contributed by atoms with van der Waals surface area (Å²) < 4.78 is 39.1. The molecule has 2 rings (SSSR count). The number of benzene rings is 2. The van der Waals surface area contributed by atoms with Crippen molar-refractivity contribution in [1.82, 2.24) is 9.62 Å². The van der Waals surface area contributed by atoms with Crippen molar-refractivity contribution in [3.8, 4) is 0 Å². The van der Waals surface area contributed by atoms with Crippen molar-refractivity contribution in [2.24, 2.45) is 0 Å². The molecule has 0 saturated carbocycles. The first-order valence-corrected chi connectivity index (χ1v) is 9.43. The third kappa shape index (κ3) is 4.80. The summed E-state index contributed by atoms with van der Waals surface area (Å²) in [6.45, 7) is 1.83. The Labute approximate surface area is 153 Å². The van der Waals surface area contributed by atoms with E-state index in [0.29, 0.717) is 11.3 Å². The molecular weight excluding hydrogens is 357 g/mol. The van der Waals surface area contributed by atoms with Crippen LogP contribution in [0.3, 0.4) is 0 Å². The highest BCUT2D eigenvalue weighted by Gasteiger charge is 2.20. The van der Waals surface area contributed by atoms with Gasteiger partial charge >= 0.3 is 0 Å². The van der Waals surface area contributed by atoms with Gasteiger partial charge in [0.25, 0.3) is 0 Å². The average molecular weight is 379 g/mol. The van der Waals surface area contributed by atoms with E-state index in [0.717, 1.165) is 9.87 Å². The Balaban J connectivity index is 2.01. The smallest absolute Gasteiger partial charge is 0.242 e. The van der Waals surface area contributed by atoms with Gasteiger partial charge in [0.05, 0.1) is 11.4 Å². The fourth-order valence-electron chi connectivity index (χ4n) is 2.31. The number of hydrogen-bond donors (Lipinski definition) is 2. The molecule has 0 atom stereocenters. The van der Waals surface area contributed by atoms with Crippen molar-refractivity contribution in [2.75, 3.05) is 26.0 Å². The number of anilines is 1. The number of aryl methyl sites for hydroxylation is 1. The van der Waals surface area contributed by atoms with Gasteiger partial charge in [0.2, 0.25) is 15.9 Å². The predicted octanol–water partition coefficient (Wildman–Crippen LogP) is 2.11. The lowest BCUT2D eigenvalue weighted by molar-refractivity contribution is -0.119. The van der Waals surface area contributed by atoms with Crippen LogP contribution >= 0.6 is 0 Å². The lowest BCUT2D eigenvalue weighted by atomic mass is 10.2. The number of carbonyl (C=O) groups is 1. The van der Waals surface area contributed by atoms with Gasteiger partial charge in [-0.2, -0.15) is 0 Å². The maximum atomic E-state index is 13.3. The number of nitrogens with one attached hydrogen (secondary N) is 2. The van der Waals surface area contributed by atoms with Crippen LogP contribution in [0.1, 0.15) is 11.1 Å². The number of hydrogen-bond acceptors (Lipinski definition) is 4. The van der Waals surface area contributed by atoms with Gasteiger partial charge in [-0.25, -0.2) is 17.1 Å². The maximum absolute atomic E-state index is 13.3. The topological polar surface area (TPSA) is 78.5 Å². The SMILES string of the molecule is Cc1ccc(F)cc1NCC(=O)NCc1ccccc1S(=O)(=O)N(C)C. The van der Waals surface area contributed by atoms with E-state index in [1.807, 2.05) is 6.92 Å². The first kappa shape index (κ1) is 19.9. The van der Waals surface area contributed by atoms with Crippen LogP contribution in [0.2, 0.25) is 0 Å². The summed E-state index contributed by atoms with van der Waals surface area (Å²) in [5, 5.41) is 5.55. The zero-order chi connectivity index (χ0) is 19.3.